The first-order valence-corrected chi connectivity index (χ1v) is 4.46. The molecule has 1 saturated heterocycles. The highest BCUT2D eigenvalue weighted by Gasteiger charge is 2.34. The third-order valence-electron chi connectivity index (χ3n) is 2.16. The average molecular weight is 195 g/mol. The normalized spacial score (nSPS) is 18.6. The molecule has 1 aromatic rings. The largest absolute Gasteiger partial charge is 0.475 e. The molecule has 1 fully saturated rings. The van der Waals surface area contributed by atoms with Crippen LogP contribution in [0.5, 0.6) is 5.88 Å². The zero-order valence-electron chi connectivity index (χ0n) is 8.06. The van der Waals surface area contributed by atoms with Crippen molar-refractivity contribution in [1.82, 2.24) is 9.97 Å². The van der Waals surface area contributed by atoms with Crippen LogP contribution in [0.15, 0.2) is 12.5 Å². The summed E-state index contributed by atoms with van der Waals surface area (Å²) in [6, 6.07) is 0. The Labute approximate surface area is 82.3 Å². The summed E-state index contributed by atoms with van der Waals surface area (Å²) in [5.41, 5.74) is 6.21. The van der Waals surface area contributed by atoms with Crippen LogP contribution in [-0.4, -0.2) is 29.8 Å². The van der Waals surface area contributed by atoms with Gasteiger partial charge >= 0.3 is 0 Å². The number of nitrogens with two attached hydrogens (primary N) is 1. The molecule has 2 rings (SSSR count). The van der Waals surface area contributed by atoms with Gasteiger partial charge in [0.1, 0.15) is 12.0 Å². The Balaban J connectivity index is 1.95. The number of nitrogen functional groups attached to an aromatic ring is 1. The molecular weight excluding hydrogens is 182 g/mol. The molecule has 0 saturated carbocycles. The molecule has 0 amide bonds. The van der Waals surface area contributed by atoms with Gasteiger partial charge in [-0.25, -0.2) is 9.97 Å². The molecule has 5 heteroatoms. The lowest BCUT2D eigenvalue weighted by Gasteiger charge is -2.37. The third-order valence-corrected chi connectivity index (χ3v) is 2.16. The van der Waals surface area contributed by atoms with Gasteiger partial charge in [0.15, 0.2) is 0 Å². The molecule has 0 spiro atoms. The highest BCUT2D eigenvalue weighted by atomic mass is 16.5. The van der Waals surface area contributed by atoms with Gasteiger partial charge in [-0.2, -0.15) is 0 Å². The Bertz CT molecular complexity index is 326. The Morgan fingerprint density at radius 1 is 1.64 bits per heavy atom. The minimum atomic E-state index is 0.109. The summed E-state index contributed by atoms with van der Waals surface area (Å²) in [7, 11) is 0. The maximum Gasteiger partial charge on any atom is 0.240 e. The van der Waals surface area contributed by atoms with Crippen LogP contribution in [0.3, 0.4) is 0 Å². The van der Waals surface area contributed by atoms with Crippen molar-refractivity contribution in [3.63, 3.8) is 0 Å². The second kappa shape index (κ2) is 3.42. The lowest BCUT2D eigenvalue weighted by Crippen LogP contribution is -2.44. The number of ether oxygens (including phenoxy) is 2. The van der Waals surface area contributed by atoms with Crippen molar-refractivity contribution in [1.29, 1.82) is 0 Å². The summed E-state index contributed by atoms with van der Waals surface area (Å²) in [5.74, 6) is 0.452. The van der Waals surface area contributed by atoms with Gasteiger partial charge in [-0.15, -0.1) is 0 Å². The van der Waals surface area contributed by atoms with E-state index in [0.29, 0.717) is 18.2 Å². The smallest absolute Gasteiger partial charge is 0.240 e. The second-order valence-electron chi connectivity index (χ2n) is 3.88. The summed E-state index contributed by atoms with van der Waals surface area (Å²) < 4.78 is 10.6. The molecule has 76 valence electrons. The first-order chi connectivity index (χ1) is 6.70. The van der Waals surface area contributed by atoms with E-state index in [2.05, 4.69) is 16.9 Å². The van der Waals surface area contributed by atoms with Crippen LogP contribution in [0.25, 0.3) is 0 Å². The van der Waals surface area contributed by atoms with Gasteiger partial charge < -0.3 is 15.2 Å². The summed E-state index contributed by atoms with van der Waals surface area (Å²) in [5, 5.41) is 0. The fourth-order valence-corrected chi connectivity index (χ4v) is 1.23. The molecule has 1 aliphatic rings. The fourth-order valence-electron chi connectivity index (χ4n) is 1.23. The van der Waals surface area contributed by atoms with Crippen molar-refractivity contribution in [2.45, 2.75) is 6.92 Å². The zero-order valence-corrected chi connectivity index (χ0v) is 8.06. The highest BCUT2D eigenvalue weighted by molar-refractivity contribution is 5.44. The number of aromatic nitrogens is 2. The van der Waals surface area contributed by atoms with E-state index < -0.39 is 0 Å². The van der Waals surface area contributed by atoms with E-state index in [1.54, 1.807) is 0 Å². The van der Waals surface area contributed by atoms with Crippen LogP contribution in [0.2, 0.25) is 0 Å². The number of hydrogen-bond donors (Lipinski definition) is 1. The Morgan fingerprint density at radius 3 is 3.00 bits per heavy atom. The van der Waals surface area contributed by atoms with Crippen LogP contribution in [0, 0.1) is 5.41 Å². The predicted octanol–water partition coefficient (Wildman–Crippen LogP) is 0.474. The second-order valence-corrected chi connectivity index (χ2v) is 3.88. The standard InChI is InChI=1S/C9H13N3O2/c1-9(3-13-4-9)5-14-8-7(10)2-11-6-12-8/h2,6H,3-5,10H2,1H3. The topological polar surface area (TPSA) is 70.3 Å². The van der Waals surface area contributed by atoms with E-state index in [1.807, 2.05) is 0 Å². The number of nitrogens with zero attached hydrogens (tertiary/aromatic N) is 2. The van der Waals surface area contributed by atoms with E-state index in [4.69, 9.17) is 15.2 Å². The summed E-state index contributed by atoms with van der Waals surface area (Å²) >= 11 is 0. The van der Waals surface area contributed by atoms with Crippen LogP contribution < -0.4 is 10.5 Å². The van der Waals surface area contributed by atoms with Crippen LogP contribution in [-0.2, 0) is 4.74 Å². The van der Waals surface area contributed by atoms with Crippen molar-refractivity contribution >= 4 is 5.69 Å². The molecule has 2 heterocycles. The molecule has 1 aliphatic heterocycles. The fraction of sp³-hybridized carbons (Fsp3) is 0.556. The van der Waals surface area contributed by atoms with Crippen molar-refractivity contribution in [2.75, 3.05) is 25.6 Å². The van der Waals surface area contributed by atoms with E-state index in [9.17, 15) is 0 Å². The number of anilines is 1. The summed E-state index contributed by atoms with van der Waals surface area (Å²) in [4.78, 5) is 7.72. The molecule has 5 nitrogen and oxygen atoms in total. The van der Waals surface area contributed by atoms with E-state index >= 15 is 0 Å². The SMILES string of the molecule is CC1(COc2ncncc2N)COC1. The molecule has 2 N–H and O–H groups in total. The van der Waals surface area contributed by atoms with Crippen molar-refractivity contribution in [3.05, 3.63) is 12.5 Å². The van der Waals surface area contributed by atoms with Crippen LogP contribution in [0.4, 0.5) is 5.69 Å². The van der Waals surface area contributed by atoms with Gasteiger partial charge in [0.05, 0.1) is 26.0 Å². The van der Waals surface area contributed by atoms with Crippen molar-refractivity contribution in [2.24, 2.45) is 5.41 Å². The molecule has 0 atom stereocenters. The van der Waals surface area contributed by atoms with Crippen molar-refractivity contribution in [3.8, 4) is 5.88 Å². The van der Waals surface area contributed by atoms with Gasteiger partial charge in [-0.1, -0.05) is 6.92 Å². The van der Waals surface area contributed by atoms with Crippen LogP contribution >= 0.6 is 0 Å². The Kier molecular flexibility index (Phi) is 2.25. The quantitative estimate of drug-likeness (QED) is 0.759. The highest BCUT2D eigenvalue weighted by Crippen LogP contribution is 2.28. The number of hydrogen-bond acceptors (Lipinski definition) is 5. The lowest BCUT2D eigenvalue weighted by molar-refractivity contribution is -0.120. The Morgan fingerprint density at radius 2 is 2.43 bits per heavy atom. The minimum absolute atomic E-state index is 0.109. The van der Waals surface area contributed by atoms with Gasteiger partial charge in [0.2, 0.25) is 5.88 Å². The van der Waals surface area contributed by atoms with E-state index in [1.165, 1.54) is 12.5 Å². The van der Waals surface area contributed by atoms with Gasteiger partial charge in [-0.05, 0) is 0 Å². The lowest BCUT2D eigenvalue weighted by atomic mass is 9.90. The Hall–Kier alpha value is -1.36. The zero-order chi connectivity index (χ0) is 10.0. The molecule has 0 unspecified atom stereocenters. The summed E-state index contributed by atoms with van der Waals surface area (Å²) in [6.07, 6.45) is 2.95. The molecule has 1 aromatic heterocycles. The molecule has 14 heavy (non-hydrogen) atoms. The summed E-state index contributed by atoms with van der Waals surface area (Å²) in [6.45, 7) is 4.15. The van der Waals surface area contributed by atoms with Gasteiger partial charge in [0.25, 0.3) is 0 Å². The van der Waals surface area contributed by atoms with Gasteiger partial charge in [0, 0.05) is 5.41 Å². The molecular formula is C9H13N3O2. The first kappa shape index (κ1) is 9.21. The predicted molar refractivity (Wildman–Crippen MR) is 50.9 cm³/mol. The molecule has 0 radical (unpaired) electrons. The molecule has 0 aromatic carbocycles. The monoisotopic (exact) mass is 195 g/mol. The van der Waals surface area contributed by atoms with E-state index in [-0.39, 0.29) is 5.41 Å². The maximum atomic E-state index is 5.63. The molecule has 0 bridgehead atoms. The first-order valence-electron chi connectivity index (χ1n) is 4.46. The molecule has 0 aliphatic carbocycles. The number of rotatable bonds is 3. The van der Waals surface area contributed by atoms with E-state index in [0.717, 1.165) is 13.2 Å². The van der Waals surface area contributed by atoms with Crippen LogP contribution in [0.1, 0.15) is 6.92 Å². The maximum absolute atomic E-state index is 5.63. The van der Waals surface area contributed by atoms with Gasteiger partial charge in [-0.3, -0.25) is 0 Å². The average Bonchev–Trinajstić information content (AvgIpc) is 2.14. The minimum Gasteiger partial charge on any atom is -0.475 e. The third kappa shape index (κ3) is 1.77. The van der Waals surface area contributed by atoms with Crippen molar-refractivity contribution < 1.29 is 9.47 Å².